The largest absolute Gasteiger partial charge is 0.328 e. The van der Waals surface area contributed by atoms with Crippen molar-refractivity contribution in [3.63, 3.8) is 0 Å². The Morgan fingerprint density at radius 3 is 2.48 bits per heavy atom. The second-order valence-electron chi connectivity index (χ2n) is 8.97. The van der Waals surface area contributed by atoms with Crippen LogP contribution in [0.4, 0.5) is 4.79 Å². The predicted octanol–water partition coefficient (Wildman–Crippen LogP) is 3.26. The predicted molar refractivity (Wildman–Crippen MR) is 118 cm³/mol. The Hall–Kier alpha value is -2.73. The summed E-state index contributed by atoms with van der Waals surface area (Å²) in [5.74, 6) is -0.0429. The van der Waals surface area contributed by atoms with Crippen molar-refractivity contribution in [2.45, 2.75) is 57.2 Å². The van der Waals surface area contributed by atoms with Gasteiger partial charge in [-0.05, 0) is 62.3 Å². The Bertz CT molecular complexity index is 968. The average Bonchev–Trinajstić information content (AvgIpc) is 3.00. The van der Waals surface area contributed by atoms with Crippen molar-refractivity contribution >= 4 is 11.9 Å². The normalized spacial score (nSPS) is 23.5. The van der Waals surface area contributed by atoms with E-state index in [0.717, 1.165) is 31.6 Å². The third-order valence-corrected chi connectivity index (χ3v) is 7.45. The smallest absolute Gasteiger partial charge is 0.310 e. The molecule has 6 heteroatoms. The van der Waals surface area contributed by atoms with E-state index >= 15 is 0 Å². The number of hydrogen-bond donors (Lipinski definition) is 0. The third-order valence-electron chi connectivity index (χ3n) is 7.45. The van der Waals surface area contributed by atoms with Gasteiger partial charge in [0.2, 0.25) is 0 Å². The topological polar surface area (TPSA) is 56.8 Å². The van der Waals surface area contributed by atoms with Gasteiger partial charge in [0.1, 0.15) is 5.54 Å². The Morgan fingerprint density at radius 2 is 1.77 bits per heavy atom. The first-order valence-corrected chi connectivity index (χ1v) is 11.5. The van der Waals surface area contributed by atoms with Gasteiger partial charge in [-0.3, -0.25) is 19.6 Å². The molecule has 0 unspecified atom stereocenters. The van der Waals surface area contributed by atoms with Crippen LogP contribution in [0.2, 0.25) is 0 Å². The number of nitrogens with zero attached hydrogens (tertiary/aromatic N) is 4. The molecule has 3 heterocycles. The molecular formula is C25H30N4O2. The van der Waals surface area contributed by atoms with Crippen molar-refractivity contribution in [1.29, 1.82) is 0 Å². The number of aromatic nitrogens is 1. The van der Waals surface area contributed by atoms with Crippen LogP contribution in [-0.4, -0.2) is 62.8 Å². The molecule has 1 atom stereocenters. The molecule has 0 radical (unpaired) electrons. The fourth-order valence-electron chi connectivity index (χ4n) is 5.75. The van der Waals surface area contributed by atoms with Crippen LogP contribution in [0.1, 0.15) is 43.0 Å². The number of urea groups is 1. The van der Waals surface area contributed by atoms with Crippen molar-refractivity contribution in [3.8, 4) is 0 Å². The van der Waals surface area contributed by atoms with Gasteiger partial charge in [0.15, 0.2) is 0 Å². The maximum Gasteiger partial charge on any atom is 0.328 e. The number of rotatable bonds is 4. The number of amides is 3. The van der Waals surface area contributed by atoms with E-state index in [1.54, 1.807) is 6.20 Å². The van der Waals surface area contributed by atoms with Gasteiger partial charge in [-0.2, -0.15) is 0 Å². The highest BCUT2D eigenvalue weighted by Crippen LogP contribution is 2.39. The highest BCUT2D eigenvalue weighted by molar-refractivity contribution is 6.07. The van der Waals surface area contributed by atoms with E-state index < -0.39 is 5.54 Å². The van der Waals surface area contributed by atoms with E-state index in [1.165, 1.54) is 22.4 Å². The van der Waals surface area contributed by atoms with Gasteiger partial charge in [0.25, 0.3) is 5.91 Å². The van der Waals surface area contributed by atoms with Crippen LogP contribution < -0.4 is 0 Å². The summed E-state index contributed by atoms with van der Waals surface area (Å²) < 4.78 is 0. The number of pyridine rings is 1. The van der Waals surface area contributed by atoms with Crippen LogP contribution in [0.15, 0.2) is 48.7 Å². The molecule has 6 nitrogen and oxygen atoms in total. The monoisotopic (exact) mass is 418 g/mol. The minimum atomic E-state index is -0.691. The van der Waals surface area contributed by atoms with Gasteiger partial charge in [-0.25, -0.2) is 4.79 Å². The number of imide groups is 1. The number of aryl methyl sites for hydroxylation is 1. The molecule has 3 aliphatic rings. The molecule has 0 N–H and O–H groups in total. The zero-order valence-corrected chi connectivity index (χ0v) is 18.2. The molecule has 1 aliphatic carbocycles. The number of fused-ring (bicyclic) bond motifs is 1. The van der Waals surface area contributed by atoms with Gasteiger partial charge >= 0.3 is 6.03 Å². The summed E-state index contributed by atoms with van der Waals surface area (Å²) in [5, 5.41) is 0. The molecule has 1 aromatic heterocycles. The van der Waals surface area contributed by atoms with Gasteiger partial charge < -0.3 is 4.90 Å². The van der Waals surface area contributed by atoms with Crippen LogP contribution >= 0.6 is 0 Å². The van der Waals surface area contributed by atoms with Crippen LogP contribution in [0.25, 0.3) is 0 Å². The van der Waals surface area contributed by atoms with Gasteiger partial charge in [0, 0.05) is 31.9 Å². The second-order valence-corrected chi connectivity index (χ2v) is 8.97. The first kappa shape index (κ1) is 20.2. The lowest BCUT2D eigenvalue weighted by Crippen LogP contribution is -2.58. The summed E-state index contributed by atoms with van der Waals surface area (Å²) in [6.45, 7) is 4.50. The Balaban J connectivity index is 1.30. The molecule has 0 saturated carbocycles. The number of benzene rings is 1. The van der Waals surface area contributed by atoms with Gasteiger partial charge in [-0.1, -0.05) is 30.3 Å². The average molecular weight is 419 g/mol. The van der Waals surface area contributed by atoms with Crippen molar-refractivity contribution < 1.29 is 9.59 Å². The molecule has 1 aromatic carbocycles. The molecule has 0 bridgehead atoms. The molecule has 1 spiro atoms. The Kier molecular flexibility index (Phi) is 5.26. The molecule has 2 aliphatic heterocycles. The van der Waals surface area contributed by atoms with Crippen LogP contribution in [0.3, 0.4) is 0 Å². The maximum atomic E-state index is 13.5. The Labute approximate surface area is 183 Å². The fraction of sp³-hybridized carbons (Fsp3) is 0.480. The minimum absolute atomic E-state index is 0.0429. The summed E-state index contributed by atoms with van der Waals surface area (Å²) in [6, 6.07) is 14.7. The molecule has 162 valence electrons. The van der Waals surface area contributed by atoms with Crippen molar-refractivity contribution in [1.82, 2.24) is 19.7 Å². The van der Waals surface area contributed by atoms with Crippen molar-refractivity contribution in [2.75, 3.05) is 19.6 Å². The third kappa shape index (κ3) is 3.43. The van der Waals surface area contributed by atoms with E-state index in [2.05, 4.69) is 34.1 Å². The van der Waals surface area contributed by atoms with Crippen LogP contribution in [-0.2, 0) is 24.2 Å². The SMILES string of the molecule is CCN1C(=O)N(Cc2ccccn2)C(=O)C12CCN([C@@H]1CCc3ccccc3C1)CC2. The Morgan fingerprint density at radius 1 is 1.03 bits per heavy atom. The number of carbonyl (C=O) groups excluding carboxylic acids is 2. The van der Waals surface area contributed by atoms with E-state index in [9.17, 15) is 9.59 Å². The molecule has 5 rings (SSSR count). The van der Waals surface area contributed by atoms with Crippen LogP contribution in [0, 0.1) is 0 Å². The minimum Gasteiger partial charge on any atom is -0.310 e. The molecule has 3 amide bonds. The number of piperidine rings is 1. The summed E-state index contributed by atoms with van der Waals surface area (Å²) in [5.41, 5.74) is 2.99. The molecule has 2 fully saturated rings. The highest BCUT2D eigenvalue weighted by atomic mass is 16.2. The van der Waals surface area contributed by atoms with Crippen molar-refractivity contribution in [2.24, 2.45) is 0 Å². The number of hydrogen-bond acceptors (Lipinski definition) is 4. The van der Waals surface area contributed by atoms with E-state index in [1.807, 2.05) is 30.0 Å². The number of likely N-dealkylation sites (N-methyl/N-ethyl adjacent to an activating group) is 1. The summed E-state index contributed by atoms with van der Waals surface area (Å²) in [6.07, 6.45) is 6.50. The standard InChI is InChI=1S/C25H30N4O2/c1-2-29-24(31)28(18-21-9-5-6-14-26-21)23(30)25(29)12-15-27(16-13-25)22-11-10-19-7-3-4-8-20(19)17-22/h3-9,14,22H,2,10-13,15-18H2,1H3/t22-/m1/s1. The summed E-state index contributed by atoms with van der Waals surface area (Å²) in [4.78, 5) is 36.8. The number of likely N-dealkylation sites (tertiary alicyclic amines) is 1. The molecule has 2 saturated heterocycles. The van der Waals surface area contributed by atoms with E-state index in [4.69, 9.17) is 0 Å². The highest BCUT2D eigenvalue weighted by Gasteiger charge is 2.57. The first-order chi connectivity index (χ1) is 15.1. The summed E-state index contributed by atoms with van der Waals surface area (Å²) in [7, 11) is 0. The number of carbonyl (C=O) groups is 2. The zero-order valence-electron chi connectivity index (χ0n) is 18.2. The van der Waals surface area contributed by atoms with Gasteiger partial charge in [0.05, 0.1) is 12.2 Å². The van der Waals surface area contributed by atoms with E-state index in [-0.39, 0.29) is 18.5 Å². The fourth-order valence-corrected chi connectivity index (χ4v) is 5.75. The lowest BCUT2D eigenvalue weighted by atomic mass is 9.82. The van der Waals surface area contributed by atoms with E-state index in [0.29, 0.717) is 25.4 Å². The molecular weight excluding hydrogens is 388 g/mol. The van der Waals surface area contributed by atoms with Gasteiger partial charge in [-0.15, -0.1) is 0 Å². The van der Waals surface area contributed by atoms with Crippen molar-refractivity contribution in [3.05, 3.63) is 65.5 Å². The lowest BCUT2D eigenvalue weighted by Gasteiger charge is -2.45. The zero-order chi connectivity index (χ0) is 21.4. The van der Waals surface area contributed by atoms with Crippen LogP contribution in [0.5, 0.6) is 0 Å². The molecule has 2 aromatic rings. The lowest BCUT2D eigenvalue weighted by molar-refractivity contribution is -0.136. The summed E-state index contributed by atoms with van der Waals surface area (Å²) >= 11 is 0. The maximum absolute atomic E-state index is 13.5. The second kappa shape index (κ2) is 8.08. The quantitative estimate of drug-likeness (QED) is 0.716. The molecule has 31 heavy (non-hydrogen) atoms. The first-order valence-electron chi connectivity index (χ1n) is 11.5.